The number of thioether (sulfide) groups is 1. The van der Waals surface area contributed by atoms with Crippen LogP contribution in [0.2, 0.25) is 0 Å². The van der Waals surface area contributed by atoms with Crippen LogP contribution in [0.1, 0.15) is 30.8 Å². The first kappa shape index (κ1) is 17.0. The Morgan fingerprint density at radius 1 is 1.27 bits per heavy atom. The summed E-state index contributed by atoms with van der Waals surface area (Å²) in [6.45, 7) is 7.92. The Labute approximate surface area is 156 Å². The van der Waals surface area contributed by atoms with Gasteiger partial charge >= 0.3 is 0 Å². The largest absolute Gasteiger partial charge is 0.308 e. The van der Waals surface area contributed by atoms with Crippen molar-refractivity contribution >= 4 is 29.1 Å². The lowest BCUT2D eigenvalue weighted by Crippen LogP contribution is -2.40. The summed E-state index contributed by atoms with van der Waals surface area (Å²) in [7, 11) is 0. The van der Waals surface area contributed by atoms with Crippen LogP contribution < -0.4 is 4.90 Å². The number of nitrogens with zero attached hydrogens (tertiary/aromatic N) is 5. The quantitative estimate of drug-likeness (QED) is 0.665. The lowest BCUT2D eigenvalue weighted by Gasteiger charge is -2.25. The molecule has 0 spiro atoms. The van der Waals surface area contributed by atoms with Gasteiger partial charge in [0.1, 0.15) is 0 Å². The number of amides is 1. The monoisotopic (exact) mass is 367 g/mol. The highest BCUT2D eigenvalue weighted by Crippen LogP contribution is 2.34. The molecule has 1 aliphatic rings. The van der Waals surface area contributed by atoms with Crippen LogP contribution in [0.15, 0.2) is 35.5 Å². The van der Waals surface area contributed by atoms with Crippen LogP contribution >= 0.6 is 11.8 Å². The number of hydrogen-bond acceptors (Lipinski definition) is 5. The normalized spacial score (nSPS) is 17.5. The Morgan fingerprint density at radius 3 is 2.85 bits per heavy atom. The molecule has 2 atom stereocenters. The van der Waals surface area contributed by atoms with Crippen molar-refractivity contribution in [3.63, 3.8) is 0 Å². The van der Waals surface area contributed by atoms with E-state index in [4.69, 9.17) is 0 Å². The van der Waals surface area contributed by atoms with Crippen molar-refractivity contribution in [3.8, 4) is 0 Å². The molecule has 0 fully saturated rings. The van der Waals surface area contributed by atoms with Gasteiger partial charge in [-0.05, 0) is 51.8 Å². The Kier molecular flexibility index (Phi) is 4.19. The summed E-state index contributed by atoms with van der Waals surface area (Å²) in [4.78, 5) is 23.9. The zero-order chi connectivity index (χ0) is 18.4. The van der Waals surface area contributed by atoms with E-state index >= 15 is 0 Å². The molecule has 0 unspecified atom stereocenters. The fourth-order valence-corrected chi connectivity index (χ4v) is 4.30. The minimum atomic E-state index is -0.276. The zero-order valence-corrected chi connectivity index (χ0v) is 16.1. The molecule has 7 heteroatoms. The molecule has 1 aliphatic heterocycles. The average molecular weight is 367 g/mol. The molecule has 0 aliphatic carbocycles. The first-order chi connectivity index (χ1) is 12.4. The number of anilines is 1. The van der Waals surface area contributed by atoms with Gasteiger partial charge in [-0.3, -0.25) is 4.79 Å². The predicted molar refractivity (Wildman–Crippen MR) is 103 cm³/mol. The van der Waals surface area contributed by atoms with Crippen molar-refractivity contribution in [2.45, 2.75) is 50.6 Å². The van der Waals surface area contributed by atoms with E-state index < -0.39 is 0 Å². The van der Waals surface area contributed by atoms with E-state index in [1.54, 1.807) is 4.52 Å². The zero-order valence-electron chi connectivity index (χ0n) is 15.3. The van der Waals surface area contributed by atoms with Gasteiger partial charge in [0.05, 0.1) is 5.25 Å². The third-order valence-corrected chi connectivity index (χ3v) is 5.61. The average Bonchev–Trinajstić information content (AvgIpc) is 3.13. The van der Waals surface area contributed by atoms with Gasteiger partial charge in [0.25, 0.3) is 5.78 Å². The molecule has 6 nitrogen and oxygen atoms in total. The highest BCUT2D eigenvalue weighted by Gasteiger charge is 2.33. The van der Waals surface area contributed by atoms with Crippen molar-refractivity contribution in [3.05, 3.63) is 47.3 Å². The lowest BCUT2D eigenvalue weighted by molar-refractivity contribution is -0.118. The Morgan fingerprint density at radius 2 is 2.04 bits per heavy atom. The molecule has 0 saturated heterocycles. The lowest BCUT2D eigenvalue weighted by atomic mass is 10.1. The highest BCUT2D eigenvalue weighted by molar-refractivity contribution is 8.00. The standard InChI is InChI=1S/C19H21N5OS/c1-11-9-13(3)24-18(20-11)21-19(22-24)26-14(4)17(25)23-12(2)10-15-7-5-6-8-16(15)23/h5-9,12,14H,10H2,1-4H3/t12-,14-/m0/s1. The predicted octanol–water partition coefficient (Wildman–Crippen LogP) is 3.20. The molecule has 26 heavy (non-hydrogen) atoms. The van der Waals surface area contributed by atoms with Gasteiger partial charge in [0, 0.05) is 23.1 Å². The summed E-state index contributed by atoms with van der Waals surface area (Å²) in [5, 5.41) is 4.80. The maximum absolute atomic E-state index is 13.1. The van der Waals surface area contributed by atoms with Crippen molar-refractivity contribution in [1.29, 1.82) is 0 Å². The van der Waals surface area contributed by atoms with Gasteiger partial charge in [-0.25, -0.2) is 9.50 Å². The number of hydrogen-bond donors (Lipinski definition) is 0. The van der Waals surface area contributed by atoms with E-state index in [-0.39, 0.29) is 17.2 Å². The number of carbonyl (C=O) groups is 1. The summed E-state index contributed by atoms with van der Waals surface area (Å²) in [5.41, 5.74) is 4.14. The van der Waals surface area contributed by atoms with Crippen LogP contribution in [0.25, 0.3) is 5.78 Å². The molecule has 3 aromatic rings. The molecule has 4 rings (SSSR count). The summed E-state index contributed by atoms with van der Waals surface area (Å²) >= 11 is 1.38. The molecule has 134 valence electrons. The molecule has 1 aromatic carbocycles. The van der Waals surface area contributed by atoms with Crippen LogP contribution in [0.4, 0.5) is 5.69 Å². The van der Waals surface area contributed by atoms with Crippen LogP contribution in [0.3, 0.4) is 0 Å². The maximum Gasteiger partial charge on any atom is 0.253 e. The molecule has 2 aromatic heterocycles. The maximum atomic E-state index is 13.1. The number of fused-ring (bicyclic) bond motifs is 2. The summed E-state index contributed by atoms with van der Waals surface area (Å²) in [6, 6.07) is 10.3. The van der Waals surface area contributed by atoms with E-state index in [1.165, 1.54) is 17.3 Å². The van der Waals surface area contributed by atoms with Gasteiger partial charge in [0.15, 0.2) is 0 Å². The second kappa shape index (κ2) is 6.39. The molecular formula is C19H21N5OS. The van der Waals surface area contributed by atoms with Crippen molar-refractivity contribution in [2.75, 3.05) is 4.90 Å². The van der Waals surface area contributed by atoms with Gasteiger partial charge in [-0.2, -0.15) is 4.98 Å². The second-order valence-corrected chi connectivity index (χ2v) is 8.10. The Hall–Kier alpha value is -2.41. The molecular weight excluding hydrogens is 346 g/mol. The fourth-order valence-electron chi connectivity index (χ4n) is 3.50. The topological polar surface area (TPSA) is 63.4 Å². The number of rotatable bonds is 3. The summed E-state index contributed by atoms with van der Waals surface area (Å²) in [5.74, 6) is 0.664. The number of para-hydroxylation sites is 1. The van der Waals surface area contributed by atoms with E-state index in [0.29, 0.717) is 10.9 Å². The molecule has 0 radical (unpaired) electrons. The van der Waals surface area contributed by atoms with Crippen molar-refractivity contribution in [1.82, 2.24) is 19.6 Å². The van der Waals surface area contributed by atoms with Crippen molar-refractivity contribution in [2.24, 2.45) is 0 Å². The Bertz CT molecular complexity index is 999. The first-order valence-electron chi connectivity index (χ1n) is 8.72. The third-order valence-electron chi connectivity index (χ3n) is 4.67. The van der Waals surface area contributed by atoms with Gasteiger partial charge < -0.3 is 4.90 Å². The minimum absolute atomic E-state index is 0.0900. The Balaban J connectivity index is 1.58. The van der Waals surface area contributed by atoms with Crippen LogP contribution in [-0.2, 0) is 11.2 Å². The number of carbonyl (C=O) groups excluding carboxylic acids is 1. The fraction of sp³-hybridized carbons (Fsp3) is 0.368. The third kappa shape index (κ3) is 2.86. The van der Waals surface area contributed by atoms with Gasteiger partial charge in [-0.15, -0.1) is 5.10 Å². The van der Waals surface area contributed by atoms with E-state index in [0.717, 1.165) is 23.5 Å². The molecule has 0 N–H and O–H groups in total. The van der Waals surface area contributed by atoms with E-state index in [9.17, 15) is 4.79 Å². The highest BCUT2D eigenvalue weighted by atomic mass is 32.2. The second-order valence-electron chi connectivity index (χ2n) is 6.80. The van der Waals surface area contributed by atoms with E-state index in [1.807, 2.05) is 49.9 Å². The molecule has 0 saturated carbocycles. The van der Waals surface area contributed by atoms with Gasteiger partial charge in [0.2, 0.25) is 11.1 Å². The molecule has 1 amide bonds. The number of aryl methyl sites for hydroxylation is 2. The molecule has 0 bridgehead atoms. The van der Waals surface area contributed by atoms with Gasteiger partial charge in [-0.1, -0.05) is 30.0 Å². The van der Waals surface area contributed by atoms with Crippen LogP contribution in [0.5, 0.6) is 0 Å². The van der Waals surface area contributed by atoms with Crippen LogP contribution in [-0.4, -0.2) is 36.8 Å². The SMILES string of the molecule is Cc1cc(C)n2nc(S[C@@H](C)C(=O)N3c4ccccc4C[C@@H]3C)nc2n1. The molecule has 3 heterocycles. The number of aromatic nitrogens is 4. The number of benzene rings is 1. The van der Waals surface area contributed by atoms with E-state index in [2.05, 4.69) is 28.1 Å². The minimum Gasteiger partial charge on any atom is -0.308 e. The van der Waals surface area contributed by atoms with Crippen molar-refractivity contribution < 1.29 is 4.79 Å². The summed E-state index contributed by atoms with van der Waals surface area (Å²) in [6.07, 6.45) is 0.897. The smallest absolute Gasteiger partial charge is 0.253 e. The van der Waals surface area contributed by atoms with Crippen LogP contribution in [0, 0.1) is 13.8 Å². The summed E-state index contributed by atoms with van der Waals surface area (Å²) < 4.78 is 1.72. The first-order valence-corrected chi connectivity index (χ1v) is 9.60.